The van der Waals surface area contributed by atoms with Gasteiger partial charge in [0.25, 0.3) is 0 Å². The van der Waals surface area contributed by atoms with E-state index in [1.165, 1.54) is 96.3 Å². The predicted octanol–water partition coefficient (Wildman–Crippen LogP) is 10.9. The minimum absolute atomic E-state index is 0.328. The topological polar surface area (TPSA) is 60.2 Å². The SMILES string of the molecule is CCCCCCCCCCCCCCCCCCOc1ccc(N=Nc2ccc(C(=O)OCC)cc2)cc1. The number of ether oxygens (including phenoxy) is 2. The van der Waals surface area contributed by atoms with Crippen LogP contribution in [0.25, 0.3) is 0 Å². The Bertz CT molecular complexity index is 878. The van der Waals surface area contributed by atoms with Crippen LogP contribution in [0, 0.1) is 0 Å². The van der Waals surface area contributed by atoms with Gasteiger partial charge in [0.05, 0.1) is 30.2 Å². The van der Waals surface area contributed by atoms with Crippen LogP contribution in [0.15, 0.2) is 58.8 Å². The average molecular weight is 523 g/mol. The van der Waals surface area contributed by atoms with E-state index in [4.69, 9.17) is 9.47 Å². The van der Waals surface area contributed by atoms with Gasteiger partial charge in [-0.2, -0.15) is 10.2 Å². The van der Waals surface area contributed by atoms with Gasteiger partial charge in [-0.15, -0.1) is 0 Å². The zero-order chi connectivity index (χ0) is 27.1. The summed E-state index contributed by atoms with van der Waals surface area (Å²) >= 11 is 0. The molecule has 0 spiro atoms. The molecule has 0 aliphatic carbocycles. The van der Waals surface area contributed by atoms with Crippen LogP contribution < -0.4 is 4.74 Å². The molecule has 0 saturated carbocycles. The summed E-state index contributed by atoms with van der Waals surface area (Å²) in [5, 5.41) is 8.50. The van der Waals surface area contributed by atoms with E-state index >= 15 is 0 Å². The van der Waals surface area contributed by atoms with Crippen molar-refractivity contribution in [2.75, 3.05) is 13.2 Å². The van der Waals surface area contributed by atoms with Gasteiger partial charge in [-0.25, -0.2) is 4.79 Å². The lowest BCUT2D eigenvalue weighted by Gasteiger charge is -2.06. The van der Waals surface area contributed by atoms with Crippen molar-refractivity contribution >= 4 is 17.3 Å². The number of carbonyl (C=O) groups is 1. The van der Waals surface area contributed by atoms with Gasteiger partial charge in [-0.1, -0.05) is 103 Å². The molecule has 0 amide bonds. The highest BCUT2D eigenvalue weighted by atomic mass is 16.5. The van der Waals surface area contributed by atoms with Gasteiger partial charge < -0.3 is 9.47 Å². The smallest absolute Gasteiger partial charge is 0.338 e. The quantitative estimate of drug-likeness (QED) is 0.0877. The zero-order valence-electron chi connectivity index (χ0n) is 24.0. The highest BCUT2D eigenvalue weighted by Crippen LogP contribution is 2.22. The van der Waals surface area contributed by atoms with Crippen LogP contribution >= 0.6 is 0 Å². The molecule has 0 N–H and O–H groups in total. The number of unbranched alkanes of at least 4 members (excludes halogenated alkanes) is 15. The molecule has 5 heteroatoms. The largest absolute Gasteiger partial charge is 0.494 e. The van der Waals surface area contributed by atoms with Crippen molar-refractivity contribution in [3.8, 4) is 5.75 Å². The number of nitrogens with zero attached hydrogens (tertiary/aromatic N) is 2. The molecule has 0 atom stereocenters. The second-order valence-corrected chi connectivity index (χ2v) is 10.1. The molecule has 38 heavy (non-hydrogen) atoms. The molecule has 0 unspecified atom stereocenters. The fraction of sp³-hybridized carbons (Fsp3) is 0.606. The Labute approximate surface area is 231 Å². The molecule has 2 rings (SSSR count). The molecule has 0 aromatic heterocycles. The highest BCUT2D eigenvalue weighted by Gasteiger charge is 2.05. The summed E-state index contributed by atoms with van der Waals surface area (Å²) in [6.07, 6.45) is 22.0. The van der Waals surface area contributed by atoms with Crippen molar-refractivity contribution < 1.29 is 14.3 Å². The monoisotopic (exact) mass is 522 g/mol. The molecule has 210 valence electrons. The van der Waals surface area contributed by atoms with E-state index in [2.05, 4.69) is 17.2 Å². The summed E-state index contributed by atoms with van der Waals surface area (Å²) in [6.45, 7) is 5.19. The third kappa shape index (κ3) is 14.9. The van der Waals surface area contributed by atoms with Crippen molar-refractivity contribution in [1.82, 2.24) is 0 Å². The van der Waals surface area contributed by atoms with Crippen LogP contribution in [0.4, 0.5) is 11.4 Å². The van der Waals surface area contributed by atoms with Gasteiger partial charge in [0.2, 0.25) is 0 Å². The summed E-state index contributed by atoms with van der Waals surface area (Å²) in [4.78, 5) is 11.7. The molecular formula is C33H50N2O3. The number of azo groups is 1. The Hall–Kier alpha value is -2.69. The van der Waals surface area contributed by atoms with Gasteiger partial charge in [0.15, 0.2) is 0 Å². The number of esters is 1. The molecule has 0 saturated heterocycles. The Morgan fingerprint density at radius 1 is 0.579 bits per heavy atom. The number of rotatable bonds is 22. The van der Waals surface area contributed by atoms with Crippen LogP contribution in [0.2, 0.25) is 0 Å². The lowest BCUT2D eigenvalue weighted by Crippen LogP contribution is -2.03. The van der Waals surface area contributed by atoms with Crippen LogP contribution in [0.1, 0.15) is 127 Å². The standard InChI is InChI=1S/C33H50N2O3/c1-3-5-6-7-8-9-10-11-12-13-14-15-16-17-18-19-28-38-32-26-24-31(25-27-32)35-34-30-22-20-29(21-23-30)33(36)37-4-2/h20-27H,3-19,28H2,1-2H3. The molecular weight excluding hydrogens is 472 g/mol. The number of hydrogen-bond donors (Lipinski definition) is 0. The normalized spacial score (nSPS) is 11.2. The first-order chi connectivity index (χ1) is 18.7. The Morgan fingerprint density at radius 3 is 1.45 bits per heavy atom. The van der Waals surface area contributed by atoms with E-state index in [0.29, 0.717) is 17.9 Å². The maximum absolute atomic E-state index is 11.7. The van der Waals surface area contributed by atoms with Gasteiger partial charge in [0, 0.05) is 0 Å². The first-order valence-electron chi connectivity index (χ1n) is 15.1. The van der Waals surface area contributed by atoms with Gasteiger partial charge in [0.1, 0.15) is 5.75 Å². The lowest BCUT2D eigenvalue weighted by molar-refractivity contribution is 0.0526. The van der Waals surface area contributed by atoms with E-state index < -0.39 is 0 Å². The Kier molecular flexibility index (Phi) is 17.6. The summed E-state index contributed by atoms with van der Waals surface area (Å²) in [6, 6.07) is 14.6. The summed E-state index contributed by atoms with van der Waals surface area (Å²) in [5.41, 5.74) is 1.95. The third-order valence-corrected chi connectivity index (χ3v) is 6.76. The number of benzene rings is 2. The van der Waals surface area contributed by atoms with Crippen LogP contribution in [0.5, 0.6) is 5.75 Å². The summed E-state index contributed by atoms with van der Waals surface area (Å²) in [5.74, 6) is 0.537. The van der Waals surface area contributed by atoms with Crippen molar-refractivity contribution in [3.05, 3.63) is 54.1 Å². The molecule has 0 bridgehead atoms. The molecule has 2 aromatic carbocycles. The summed E-state index contributed by atoms with van der Waals surface area (Å²) < 4.78 is 10.9. The van der Waals surface area contributed by atoms with E-state index in [1.54, 1.807) is 31.2 Å². The number of hydrogen-bond acceptors (Lipinski definition) is 5. The minimum Gasteiger partial charge on any atom is -0.494 e. The van der Waals surface area contributed by atoms with Crippen molar-refractivity contribution in [3.63, 3.8) is 0 Å². The van der Waals surface area contributed by atoms with E-state index in [1.807, 2.05) is 24.3 Å². The van der Waals surface area contributed by atoms with Crippen molar-refractivity contribution in [2.24, 2.45) is 10.2 Å². The maximum Gasteiger partial charge on any atom is 0.338 e. The van der Waals surface area contributed by atoms with Gasteiger partial charge in [-0.3, -0.25) is 0 Å². The first-order valence-corrected chi connectivity index (χ1v) is 15.1. The predicted molar refractivity (Wildman–Crippen MR) is 158 cm³/mol. The van der Waals surface area contributed by atoms with Crippen LogP contribution in [0.3, 0.4) is 0 Å². The Balaban J connectivity index is 1.45. The number of carbonyl (C=O) groups excluding carboxylic acids is 1. The second kappa shape index (κ2) is 21.3. The fourth-order valence-corrected chi connectivity index (χ4v) is 4.44. The molecule has 5 nitrogen and oxygen atoms in total. The third-order valence-electron chi connectivity index (χ3n) is 6.76. The minimum atomic E-state index is -0.328. The second-order valence-electron chi connectivity index (χ2n) is 10.1. The van der Waals surface area contributed by atoms with Crippen molar-refractivity contribution in [1.29, 1.82) is 0 Å². The first kappa shape index (κ1) is 31.5. The molecule has 0 heterocycles. The molecule has 0 radical (unpaired) electrons. The lowest BCUT2D eigenvalue weighted by atomic mass is 10.0. The Morgan fingerprint density at radius 2 is 1.00 bits per heavy atom. The molecule has 0 fully saturated rings. The van der Waals surface area contributed by atoms with Gasteiger partial charge >= 0.3 is 5.97 Å². The average Bonchev–Trinajstić information content (AvgIpc) is 2.94. The maximum atomic E-state index is 11.7. The summed E-state index contributed by atoms with van der Waals surface area (Å²) in [7, 11) is 0. The highest BCUT2D eigenvalue weighted by molar-refractivity contribution is 5.89. The van der Waals surface area contributed by atoms with Crippen molar-refractivity contribution in [2.45, 2.75) is 117 Å². The van der Waals surface area contributed by atoms with Crippen LogP contribution in [-0.2, 0) is 4.74 Å². The zero-order valence-corrected chi connectivity index (χ0v) is 24.0. The van der Waals surface area contributed by atoms with Crippen LogP contribution in [-0.4, -0.2) is 19.2 Å². The van der Waals surface area contributed by atoms with E-state index in [0.717, 1.165) is 24.5 Å². The molecule has 0 aliphatic heterocycles. The van der Waals surface area contributed by atoms with Gasteiger partial charge in [-0.05, 0) is 61.9 Å². The van der Waals surface area contributed by atoms with E-state index in [9.17, 15) is 4.79 Å². The molecule has 2 aromatic rings. The molecule has 0 aliphatic rings. The fourth-order valence-electron chi connectivity index (χ4n) is 4.44. The van der Waals surface area contributed by atoms with E-state index in [-0.39, 0.29) is 5.97 Å².